The van der Waals surface area contributed by atoms with Crippen molar-refractivity contribution in [3.63, 3.8) is 0 Å². The fraction of sp³-hybridized carbons (Fsp3) is 0.348. The summed E-state index contributed by atoms with van der Waals surface area (Å²) in [6.07, 6.45) is 1.88. The van der Waals surface area contributed by atoms with Crippen molar-refractivity contribution in [3.05, 3.63) is 70.6 Å². The Hall–Kier alpha value is -3.31. The molecule has 1 saturated heterocycles. The van der Waals surface area contributed by atoms with Crippen LogP contribution in [0, 0.1) is 24.8 Å². The van der Waals surface area contributed by atoms with Crippen LogP contribution in [-0.2, 0) is 4.79 Å². The van der Waals surface area contributed by atoms with Crippen LogP contribution in [0.4, 0.5) is 5.69 Å². The van der Waals surface area contributed by atoms with Crippen LogP contribution >= 0.6 is 0 Å². The molecule has 1 unspecified atom stereocenters. The number of hydrogen-bond acceptors (Lipinski definition) is 3. The zero-order valence-corrected chi connectivity index (χ0v) is 16.4. The zero-order valence-electron chi connectivity index (χ0n) is 16.4. The number of nitriles is 1. The highest BCUT2D eigenvalue weighted by Crippen LogP contribution is 2.35. The van der Waals surface area contributed by atoms with E-state index in [9.17, 15) is 4.79 Å². The van der Waals surface area contributed by atoms with E-state index >= 15 is 0 Å². The second-order valence-electron chi connectivity index (χ2n) is 7.62. The van der Waals surface area contributed by atoms with Gasteiger partial charge in [-0.15, -0.1) is 0 Å². The van der Waals surface area contributed by atoms with Crippen LogP contribution < -0.4 is 4.74 Å². The first kappa shape index (κ1) is 19.5. The van der Waals surface area contributed by atoms with E-state index < -0.39 is 5.60 Å². The molecule has 1 aliphatic heterocycles. The van der Waals surface area contributed by atoms with Gasteiger partial charge in [-0.2, -0.15) is 5.26 Å². The Bertz CT molecular complexity index is 933. The molecule has 1 fully saturated rings. The minimum atomic E-state index is -1.11. The van der Waals surface area contributed by atoms with Crippen molar-refractivity contribution in [2.45, 2.75) is 45.3 Å². The summed E-state index contributed by atoms with van der Waals surface area (Å²) in [5.41, 5.74) is 1.87. The summed E-state index contributed by atoms with van der Waals surface area (Å²) < 4.78 is 5.98. The lowest BCUT2D eigenvalue weighted by molar-refractivity contribution is -0.146. The lowest BCUT2D eigenvalue weighted by Crippen LogP contribution is -2.48. The number of ether oxygens (including phenoxy) is 1. The molecule has 0 bridgehead atoms. The molecular weight excluding hydrogens is 350 g/mol. The first-order valence-electron chi connectivity index (χ1n) is 9.33. The van der Waals surface area contributed by atoms with E-state index in [0.29, 0.717) is 23.5 Å². The summed E-state index contributed by atoms with van der Waals surface area (Å²) in [4.78, 5) is 18.6. The monoisotopic (exact) mass is 373 g/mol. The maximum atomic E-state index is 13.3. The number of carbonyl (C=O) groups is 1. The van der Waals surface area contributed by atoms with Gasteiger partial charge in [0.05, 0.1) is 18.7 Å². The van der Waals surface area contributed by atoms with Gasteiger partial charge in [0.2, 0.25) is 0 Å². The molecule has 2 aromatic rings. The highest BCUT2D eigenvalue weighted by molar-refractivity contribution is 5.85. The summed E-state index contributed by atoms with van der Waals surface area (Å²) in [7, 11) is 0. The number of nitrogens with zero attached hydrogens (tertiary/aromatic N) is 3. The van der Waals surface area contributed by atoms with Gasteiger partial charge in [-0.1, -0.05) is 29.8 Å². The normalized spacial score (nSPS) is 16.3. The predicted octanol–water partition coefficient (Wildman–Crippen LogP) is 4.94. The molecule has 2 aromatic carbocycles. The highest BCUT2D eigenvalue weighted by atomic mass is 16.5. The lowest BCUT2D eigenvalue weighted by atomic mass is 10.0. The fourth-order valence-corrected chi connectivity index (χ4v) is 3.60. The first-order chi connectivity index (χ1) is 13.3. The topological polar surface area (TPSA) is 57.7 Å². The molecule has 28 heavy (non-hydrogen) atoms. The summed E-state index contributed by atoms with van der Waals surface area (Å²) in [5.74, 6) is 0.261. The van der Waals surface area contributed by atoms with Gasteiger partial charge in [0, 0.05) is 12.1 Å². The summed E-state index contributed by atoms with van der Waals surface area (Å²) in [5, 5.41) is 9.16. The Morgan fingerprint density at radius 1 is 1.29 bits per heavy atom. The third kappa shape index (κ3) is 4.00. The Morgan fingerprint density at radius 2 is 2.00 bits per heavy atom. The molecule has 0 spiro atoms. The quantitative estimate of drug-likeness (QED) is 0.713. The minimum Gasteiger partial charge on any atom is -0.479 e. The van der Waals surface area contributed by atoms with Crippen LogP contribution in [0.25, 0.3) is 4.85 Å². The van der Waals surface area contributed by atoms with Gasteiger partial charge in [-0.05, 0) is 57.4 Å². The van der Waals surface area contributed by atoms with Gasteiger partial charge in [0.1, 0.15) is 5.75 Å². The molecule has 0 aliphatic carbocycles. The van der Waals surface area contributed by atoms with Crippen molar-refractivity contribution in [2.75, 3.05) is 6.54 Å². The Labute approximate surface area is 166 Å². The molecule has 5 nitrogen and oxygen atoms in total. The smallest absolute Gasteiger partial charge is 0.266 e. The lowest BCUT2D eigenvalue weighted by Gasteiger charge is -2.34. The van der Waals surface area contributed by atoms with E-state index in [-0.39, 0.29) is 11.9 Å². The number of likely N-dealkylation sites (tertiary alicyclic amines) is 1. The first-order valence-corrected chi connectivity index (χ1v) is 9.33. The van der Waals surface area contributed by atoms with Gasteiger partial charge in [-0.25, -0.2) is 4.85 Å². The van der Waals surface area contributed by atoms with Crippen molar-refractivity contribution < 1.29 is 9.53 Å². The molecule has 1 amide bonds. The maximum absolute atomic E-state index is 13.3. The van der Waals surface area contributed by atoms with Crippen LogP contribution in [0.3, 0.4) is 0 Å². The predicted molar refractivity (Wildman–Crippen MR) is 107 cm³/mol. The van der Waals surface area contributed by atoms with Crippen LogP contribution in [0.1, 0.15) is 49.4 Å². The van der Waals surface area contributed by atoms with Crippen molar-refractivity contribution in [3.8, 4) is 11.8 Å². The highest BCUT2D eigenvalue weighted by Gasteiger charge is 2.40. The number of amides is 1. The third-order valence-electron chi connectivity index (χ3n) is 5.01. The van der Waals surface area contributed by atoms with E-state index in [2.05, 4.69) is 29.1 Å². The minimum absolute atomic E-state index is 0.0419. The average molecular weight is 373 g/mol. The van der Waals surface area contributed by atoms with Crippen molar-refractivity contribution in [1.82, 2.24) is 4.90 Å². The van der Waals surface area contributed by atoms with Gasteiger partial charge in [0.15, 0.2) is 11.3 Å². The Kier molecular flexibility index (Phi) is 5.38. The number of hydrogen-bond donors (Lipinski definition) is 0. The molecule has 0 saturated carbocycles. The SMILES string of the molecule is [C-]#[N+]c1cc(C#N)cc(OC(C)(C)C(=O)N2CCCC2c2ccc(C)cc2)c1. The Morgan fingerprint density at radius 3 is 2.64 bits per heavy atom. The number of carbonyl (C=O) groups excluding carboxylic acids is 1. The molecule has 1 heterocycles. The van der Waals surface area contributed by atoms with E-state index in [1.165, 1.54) is 11.6 Å². The number of rotatable bonds is 4. The molecule has 0 N–H and O–H groups in total. The molecule has 1 aliphatic rings. The third-order valence-corrected chi connectivity index (χ3v) is 5.01. The van der Waals surface area contributed by atoms with Gasteiger partial charge in [0.25, 0.3) is 5.91 Å². The van der Waals surface area contributed by atoms with Gasteiger partial charge >= 0.3 is 0 Å². The molecule has 1 atom stereocenters. The largest absolute Gasteiger partial charge is 0.479 e. The Balaban J connectivity index is 1.83. The summed E-state index contributed by atoms with van der Waals surface area (Å²) in [6, 6.07) is 15.0. The van der Waals surface area contributed by atoms with E-state index in [1.54, 1.807) is 26.0 Å². The van der Waals surface area contributed by atoms with E-state index in [1.807, 2.05) is 17.9 Å². The molecule has 0 radical (unpaired) electrons. The van der Waals surface area contributed by atoms with E-state index in [0.717, 1.165) is 18.4 Å². The van der Waals surface area contributed by atoms with Crippen molar-refractivity contribution >= 4 is 11.6 Å². The van der Waals surface area contributed by atoms with Crippen LogP contribution in [0.15, 0.2) is 42.5 Å². The van der Waals surface area contributed by atoms with Gasteiger partial charge in [-0.3, -0.25) is 4.79 Å². The molecule has 0 aromatic heterocycles. The fourth-order valence-electron chi connectivity index (χ4n) is 3.60. The van der Waals surface area contributed by atoms with Crippen LogP contribution in [0.5, 0.6) is 5.75 Å². The molecule has 5 heteroatoms. The second-order valence-corrected chi connectivity index (χ2v) is 7.62. The van der Waals surface area contributed by atoms with Crippen LogP contribution in [-0.4, -0.2) is 23.0 Å². The van der Waals surface area contributed by atoms with Crippen LogP contribution in [0.2, 0.25) is 0 Å². The maximum Gasteiger partial charge on any atom is 0.266 e. The second kappa shape index (κ2) is 7.74. The average Bonchev–Trinajstić information content (AvgIpc) is 3.16. The molecule has 3 rings (SSSR count). The molecular formula is C23H23N3O2. The number of benzene rings is 2. The summed E-state index contributed by atoms with van der Waals surface area (Å²) >= 11 is 0. The van der Waals surface area contributed by atoms with E-state index in [4.69, 9.17) is 16.6 Å². The number of aryl methyl sites for hydroxylation is 1. The standard InChI is InChI=1S/C23H23N3O2/c1-16-7-9-18(10-8-16)21-6-5-11-26(21)22(27)23(2,3)28-20-13-17(15-24)12-19(14-20)25-4/h7-10,12-14,21H,5-6,11H2,1-3H3. The van der Waals surface area contributed by atoms with Crippen molar-refractivity contribution in [1.29, 1.82) is 5.26 Å². The molecule has 142 valence electrons. The zero-order chi connectivity index (χ0) is 20.3. The summed E-state index contributed by atoms with van der Waals surface area (Å²) in [6.45, 7) is 13.4. The van der Waals surface area contributed by atoms with Crippen molar-refractivity contribution in [2.24, 2.45) is 0 Å². The van der Waals surface area contributed by atoms with Gasteiger partial charge < -0.3 is 9.64 Å².